The summed E-state index contributed by atoms with van der Waals surface area (Å²) in [6.07, 6.45) is 36.1. The standard InChI is InChI=1S/C35H64O4/c36-34(38-30-32-24-18-16-19-25-32)28-22-14-12-10-8-6-4-2-1-3-5-7-9-11-13-15-23-29-35(37)39-31-33-26-20-17-21-27-33/h32-33H,1-31H2. The van der Waals surface area contributed by atoms with Crippen molar-refractivity contribution in [2.75, 3.05) is 13.2 Å². The van der Waals surface area contributed by atoms with Gasteiger partial charge in [-0.15, -0.1) is 0 Å². The third-order valence-corrected chi connectivity index (χ3v) is 9.17. The molecule has 0 heterocycles. The molecule has 2 aliphatic rings. The molecule has 0 aromatic rings. The van der Waals surface area contributed by atoms with Crippen molar-refractivity contribution in [1.82, 2.24) is 0 Å². The van der Waals surface area contributed by atoms with E-state index < -0.39 is 0 Å². The van der Waals surface area contributed by atoms with Gasteiger partial charge in [0, 0.05) is 12.8 Å². The van der Waals surface area contributed by atoms with Crippen molar-refractivity contribution in [3.05, 3.63) is 0 Å². The van der Waals surface area contributed by atoms with Gasteiger partial charge in [0.2, 0.25) is 0 Å². The number of carbonyl (C=O) groups excluding carboxylic acids is 2. The smallest absolute Gasteiger partial charge is 0.305 e. The molecule has 0 aromatic carbocycles. The summed E-state index contributed by atoms with van der Waals surface area (Å²) in [6.45, 7) is 1.33. The number of hydrogen-bond donors (Lipinski definition) is 0. The lowest BCUT2D eigenvalue weighted by molar-refractivity contribution is -0.146. The van der Waals surface area contributed by atoms with E-state index in [2.05, 4.69) is 0 Å². The summed E-state index contributed by atoms with van der Waals surface area (Å²) in [5.41, 5.74) is 0. The first-order valence-electron chi connectivity index (χ1n) is 17.6. The van der Waals surface area contributed by atoms with E-state index in [1.807, 2.05) is 0 Å². The molecule has 0 aliphatic heterocycles. The van der Waals surface area contributed by atoms with E-state index in [-0.39, 0.29) is 11.9 Å². The fourth-order valence-electron chi connectivity index (χ4n) is 6.46. The monoisotopic (exact) mass is 548 g/mol. The predicted octanol–water partition coefficient (Wildman–Crippen LogP) is 10.6. The summed E-state index contributed by atoms with van der Waals surface area (Å²) in [5.74, 6) is 1.31. The second-order valence-electron chi connectivity index (χ2n) is 12.9. The van der Waals surface area contributed by atoms with Crippen molar-refractivity contribution >= 4 is 11.9 Å². The molecule has 0 N–H and O–H groups in total. The molecule has 0 bridgehead atoms. The van der Waals surface area contributed by atoms with Gasteiger partial charge in [-0.1, -0.05) is 135 Å². The number of unbranched alkanes of at least 4 members (excludes halogenated alkanes) is 16. The summed E-state index contributed by atoms with van der Waals surface area (Å²) < 4.78 is 11.0. The summed E-state index contributed by atoms with van der Waals surface area (Å²) in [4.78, 5) is 23.8. The van der Waals surface area contributed by atoms with Crippen LogP contribution in [0.1, 0.15) is 186 Å². The van der Waals surface area contributed by atoms with Gasteiger partial charge in [-0.3, -0.25) is 9.59 Å². The number of carbonyl (C=O) groups is 2. The largest absolute Gasteiger partial charge is 0.465 e. The van der Waals surface area contributed by atoms with Crippen LogP contribution >= 0.6 is 0 Å². The van der Waals surface area contributed by atoms with E-state index in [1.165, 1.54) is 161 Å². The molecule has 0 radical (unpaired) electrons. The lowest BCUT2D eigenvalue weighted by Gasteiger charge is -2.20. The van der Waals surface area contributed by atoms with Crippen molar-refractivity contribution in [2.24, 2.45) is 11.8 Å². The topological polar surface area (TPSA) is 52.6 Å². The molecule has 39 heavy (non-hydrogen) atoms. The van der Waals surface area contributed by atoms with Crippen LogP contribution in [0.5, 0.6) is 0 Å². The predicted molar refractivity (Wildman–Crippen MR) is 163 cm³/mol. The first-order chi connectivity index (χ1) is 19.2. The highest BCUT2D eigenvalue weighted by Gasteiger charge is 2.16. The lowest BCUT2D eigenvalue weighted by atomic mass is 9.90. The Labute approximate surface area is 242 Å². The molecule has 4 nitrogen and oxygen atoms in total. The Kier molecular flexibility index (Phi) is 21.6. The van der Waals surface area contributed by atoms with Crippen molar-refractivity contribution in [3.63, 3.8) is 0 Å². The molecule has 2 fully saturated rings. The second kappa shape index (κ2) is 24.7. The van der Waals surface area contributed by atoms with Gasteiger partial charge >= 0.3 is 11.9 Å². The number of hydrogen-bond acceptors (Lipinski definition) is 4. The van der Waals surface area contributed by atoms with Gasteiger partial charge in [-0.25, -0.2) is 0 Å². The number of rotatable bonds is 24. The minimum absolute atomic E-state index is 0.0270. The van der Waals surface area contributed by atoms with Gasteiger partial charge in [0.05, 0.1) is 13.2 Å². The molecule has 0 unspecified atom stereocenters. The fraction of sp³-hybridized carbons (Fsp3) is 0.943. The van der Waals surface area contributed by atoms with Crippen molar-refractivity contribution in [3.8, 4) is 0 Å². The third kappa shape index (κ3) is 20.5. The molecular weight excluding hydrogens is 484 g/mol. The fourth-order valence-corrected chi connectivity index (χ4v) is 6.46. The molecule has 2 rings (SSSR count). The minimum atomic E-state index is 0.0270. The number of esters is 2. The highest BCUT2D eigenvalue weighted by atomic mass is 16.5. The Morgan fingerprint density at radius 3 is 0.923 bits per heavy atom. The van der Waals surface area contributed by atoms with Crippen LogP contribution in [0, 0.1) is 11.8 Å². The highest BCUT2D eigenvalue weighted by Crippen LogP contribution is 2.25. The summed E-state index contributed by atoms with van der Waals surface area (Å²) in [7, 11) is 0. The number of ether oxygens (including phenoxy) is 2. The molecule has 4 heteroatoms. The van der Waals surface area contributed by atoms with Crippen molar-refractivity contribution < 1.29 is 19.1 Å². The van der Waals surface area contributed by atoms with Gasteiger partial charge < -0.3 is 9.47 Å². The molecule has 0 aromatic heterocycles. The zero-order valence-electron chi connectivity index (χ0n) is 25.7. The first kappa shape index (κ1) is 34.1. The first-order valence-corrected chi connectivity index (χ1v) is 17.6. The average molecular weight is 549 g/mol. The molecule has 0 amide bonds. The molecule has 2 aliphatic carbocycles. The van der Waals surface area contributed by atoms with Crippen molar-refractivity contribution in [1.29, 1.82) is 0 Å². The highest BCUT2D eigenvalue weighted by molar-refractivity contribution is 5.69. The van der Waals surface area contributed by atoms with Gasteiger partial charge in [-0.2, -0.15) is 0 Å². The van der Waals surface area contributed by atoms with Crippen LogP contribution in [0.25, 0.3) is 0 Å². The quantitative estimate of drug-likeness (QED) is 0.0889. The maximum atomic E-state index is 11.9. The normalized spacial score (nSPS) is 16.8. The van der Waals surface area contributed by atoms with Crippen LogP contribution in [0.3, 0.4) is 0 Å². The Bertz CT molecular complexity index is 527. The summed E-state index contributed by atoms with van der Waals surface area (Å²) in [5, 5.41) is 0. The van der Waals surface area contributed by atoms with Crippen LogP contribution in [0.4, 0.5) is 0 Å². The summed E-state index contributed by atoms with van der Waals surface area (Å²) >= 11 is 0. The second-order valence-corrected chi connectivity index (χ2v) is 12.9. The maximum Gasteiger partial charge on any atom is 0.305 e. The van der Waals surface area contributed by atoms with E-state index in [1.54, 1.807) is 0 Å². The molecule has 0 atom stereocenters. The summed E-state index contributed by atoms with van der Waals surface area (Å²) in [6, 6.07) is 0. The Balaban J connectivity index is 1.20. The van der Waals surface area contributed by atoms with Gasteiger partial charge in [0.15, 0.2) is 0 Å². The maximum absolute atomic E-state index is 11.9. The molecule has 228 valence electrons. The molecule has 0 saturated heterocycles. The van der Waals surface area contributed by atoms with Crippen LogP contribution in [0.2, 0.25) is 0 Å². The van der Waals surface area contributed by atoms with E-state index >= 15 is 0 Å². The van der Waals surface area contributed by atoms with Gasteiger partial charge in [0.1, 0.15) is 0 Å². The Morgan fingerprint density at radius 2 is 0.641 bits per heavy atom. The van der Waals surface area contributed by atoms with Crippen LogP contribution in [-0.4, -0.2) is 25.2 Å². The van der Waals surface area contributed by atoms with E-state index in [0.717, 1.165) is 12.8 Å². The zero-order chi connectivity index (χ0) is 27.6. The molecule has 0 spiro atoms. The molecular formula is C35H64O4. The van der Waals surface area contributed by atoms with Gasteiger partial charge in [0.25, 0.3) is 0 Å². The molecule has 2 saturated carbocycles. The van der Waals surface area contributed by atoms with E-state index in [4.69, 9.17) is 9.47 Å². The van der Waals surface area contributed by atoms with Crippen LogP contribution in [0.15, 0.2) is 0 Å². The van der Waals surface area contributed by atoms with Crippen LogP contribution < -0.4 is 0 Å². The Hall–Kier alpha value is -1.06. The van der Waals surface area contributed by atoms with Crippen molar-refractivity contribution in [2.45, 2.75) is 186 Å². The Morgan fingerprint density at radius 1 is 0.385 bits per heavy atom. The van der Waals surface area contributed by atoms with E-state index in [9.17, 15) is 9.59 Å². The third-order valence-electron chi connectivity index (χ3n) is 9.17. The van der Waals surface area contributed by atoms with Gasteiger partial charge in [-0.05, 0) is 50.4 Å². The SMILES string of the molecule is O=C(CCCCCCCCCCCCCCCCCCCC(=O)OCC1CCCCC1)OCC1CCCCC1. The lowest BCUT2D eigenvalue weighted by Crippen LogP contribution is -2.16. The van der Waals surface area contributed by atoms with E-state index in [0.29, 0.717) is 37.9 Å². The minimum Gasteiger partial charge on any atom is -0.465 e. The van der Waals surface area contributed by atoms with Crippen LogP contribution in [-0.2, 0) is 19.1 Å². The zero-order valence-corrected chi connectivity index (χ0v) is 25.7. The average Bonchev–Trinajstić information content (AvgIpc) is 2.97.